The Labute approximate surface area is 143 Å². The monoisotopic (exact) mass is 325 g/mol. The van der Waals surface area contributed by atoms with Gasteiger partial charge in [0.15, 0.2) is 6.61 Å². The van der Waals surface area contributed by atoms with Gasteiger partial charge in [0.2, 0.25) is 0 Å². The van der Waals surface area contributed by atoms with Crippen LogP contribution in [0.4, 0.5) is 5.69 Å². The zero-order valence-electron chi connectivity index (χ0n) is 14.4. The third-order valence-electron chi connectivity index (χ3n) is 3.20. The summed E-state index contributed by atoms with van der Waals surface area (Å²) in [5.41, 5.74) is 3.73. The summed E-state index contributed by atoms with van der Waals surface area (Å²) in [6.45, 7) is 10.0. The number of ether oxygens (including phenoxy) is 2. The van der Waals surface area contributed by atoms with E-state index in [9.17, 15) is 4.79 Å². The second-order valence-corrected chi connectivity index (χ2v) is 5.90. The van der Waals surface area contributed by atoms with Gasteiger partial charge in [0.05, 0.1) is 5.69 Å². The first-order valence-corrected chi connectivity index (χ1v) is 7.81. The van der Waals surface area contributed by atoms with E-state index in [-0.39, 0.29) is 12.5 Å². The molecule has 1 amide bonds. The smallest absolute Gasteiger partial charge is 0.262 e. The van der Waals surface area contributed by atoms with Crippen LogP contribution in [0.15, 0.2) is 54.6 Å². The molecule has 0 bridgehead atoms. The number of benzene rings is 2. The van der Waals surface area contributed by atoms with Crippen LogP contribution in [0.25, 0.3) is 0 Å². The van der Waals surface area contributed by atoms with Gasteiger partial charge >= 0.3 is 0 Å². The number of carbonyl (C=O) groups is 1. The normalized spacial score (nSPS) is 10.1. The molecule has 0 saturated carbocycles. The summed E-state index contributed by atoms with van der Waals surface area (Å²) in [6.07, 6.45) is 0. The number of hydrogen-bond donors (Lipinski definition) is 1. The minimum atomic E-state index is -0.236. The lowest BCUT2D eigenvalue weighted by molar-refractivity contribution is -0.118. The van der Waals surface area contributed by atoms with E-state index in [1.54, 1.807) is 6.07 Å². The SMILES string of the molecule is C=C(C)COc1ccccc1NC(=O)COc1cc(C)cc(C)c1. The summed E-state index contributed by atoms with van der Waals surface area (Å²) in [6, 6.07) is 13.2. The fourth-order valence-corrected chi connectivity index (χ4v) is 2.25. The average molecular weight is 325 g/mol. The van der Waals surface area contributed by atoms with Gasteiger partial charge in [0.1, 0.15) is 18.1 Å². The third kappa shape index (κ3) is 5.47. The molecule has 0 aliphatic heterocycles. The second-order valence-electron chi connectivity index (χ2n) is 5.90. The number of rotatable bonds is 7. The molecular formula is C20H23NO3. The first kappa shape index (κ1) is 17.6. The van der Waals surface area contributed by atoms with Crippen LogP contribution < -0.4 is 14.8 Å². The van der Waals surface area contributed by atoms with Gasteiger partial charge in [0, 0.05) is 0 Å². The molecule has 0 atom stereocenters. The molecule has 0 aliphatic rings. The van der Waals surface area contributed by atoms with E-state index >= 15 is 0 Å². The highest BCUT2D eigenvalue weighted by Gasteiger charge is 2.09. The molecule has 126 valence electrons. The lowest BCUT2D eigenvalue weighted by atomic mass is 10.1. The molecule has 2 aromatic rings. The standard InChI is InChI=1S/C20H23NO3/c1-14(2)12-24-19-8-6-5-7-18(19)21-20(22)13-23-17-10-15(3)9-16(4)11-17/h5-11H,1,12-13H2,2-4H3,(H,21,22). The fraction of sp³-hybridized carbons (Fsp3) is 0.250. The first-order valence-electron chi connectivity index (χ1n) is 7.81. The van der Waals surface area contributed by atoms with Crippen molar-refractivity contribution in [1.29, 1.82) is 0 Å². The molecule has 0 unspecified atom stereocenters. The van der Waals surface area contributed by atoms with Gasteiger partial charge in [-0.1, -0.05) is 24.8 Å². The molecule has 0 spiro atoms. The second kappa shape index (κ2) is 8.20. The highest BCUT2D eigenvalue weighted by Crippen LogP contribution is 2.24. The van der Waals surface area contributed by atoms with Gasteiger partial charge < -0.3 is 14.8 Å². The Morgan fingerprint density at radius 2 is 1.71 bits per heavy atom. The summed E-state index contributed by atoms with van der Waals surface area (Å²) >= 11 is 0. The molecule has 2 rings (SSSR count). The molecular weight excluding hydrogens is 302 g/mol. The lowest BCUT2D eigenvalue weighted by Gasteiger charge is -2.13. The molecule has 0 fully saturated rings. The quantitative estimate of drug-likeness (QED) is 0.773. The number of anilines is 1. The highest BCUT2D eigenvalue weighted by molar-refractivity contribution is 5.93. The predicted octanol–water partition coefficient (Wildman–Crippen LogP) is 4.28. The predicted molar refractivity (Wildman–Crippen MR) is 96.8 cm³/mol. The Balaban J connectivity index is 1.96. The maximum atomic E-state index is 12.1. The number of carbonyl (C=O) groups excluding carboxylic acids is 1. The summed E-state index contributed by atoms with van der Waals surface area (Å²) in [5.74, 6) is 1.07. The van der Waals surface area contributed by atoms with Crippen molar-refractivity contribution in [2.24, 2.45) is 0 Å². The van der Waals surface area contributed by atoms with Crippen molar-refractivity contribution in [3.05, 3.63) is 65.7 Å². The van der Waals surface area contributed by atoms with Crippen molar-refractivity contribution < 1.29 is 14.3 Å². The number of aryl methyl sites for hydroxylation is 2. The van der Waals surface area contributed by atoms with Crippen LogP contribution in [0.5, 0.6) is 11.5 Å². The Bertz CT molecular complexity index is 717. The highest BCUT2D eigenvalue weighted by atomic mass is 16.5. The van der Waals surface area contributed by atoms with Gasteiger partial charge in [-0.05, 0) is 61.7 Å². The van der Waals surface area contributed by atoms with Crippen molar-refractivity contribution in [3.8, 4) is 11.5 Å². The van der Waals surface area contributed by atoms with E-state index in [2.05, 4.69) is 18.0 Å². The van der Waals surface area contributed by atoms with Crippen LogP contribution in [-0.2, 0) is 4.79 Å². The Morgan fingerprint density at radius 3 is 2.38 bits per heavy atom. The number of para-hydroxylation sites is 2. The number of nitrogens with one attached hydrogen (secondary N) is 1. The zero-order chi connectivity index (χ0) is 17.5. The Hall–Kier alpha value is -2.75. The molecule has 2 aromatic carbocycles. The molecule has 0 radical (unpaired) electrons. The Morgan fingerprint density at radius 1 is 1.04 bits per heavy atom. The number of hydrogen-bond acceptors (Lipinski definition) is 3. The molecule has 0 heterocycles. The summed E-state index contributed by atoms with van der Waals surface area (Å²) in [5, 5.41) is 2.82. The van der Waals surface area contributed by atoms with Gasteiger partial charge in [-0.3, -0.25) is 4.79 Å². The van der Waals surface area contributed by atoms with Crippen LogP contribution in [-0.4, -0.2) is 19.1 Å². The van der Waals surface area contributed by atoms with Crippen LogP contribution >= 0.6 is 0 Å². The summed E-state index contributed by atoms with van der Waals surface area (Å²) in [4.78, 5) is 12.1. The average Bonchev–Trinajstić information content (AvgIpc) is 2.51. The number of amides is 1. The lowest BCUT2D eigenvalue weighted by Crippen LogP contribution is -2.20. The zero-order valence-corrected chi connectivity index (χ0v) is 14.4. The Kier molecular flexibility index (Phi) is 6.01. The molecule has 24 heavy (non-hydrogen) atoms. The van der Waals surface area contributed by atoms with Gasteiger partial charge in [-0.2, -0.15) is 0 Å². The van der Waals surface area contributed by atoms with Crippen LogP contribution in [0.2, 0.25) is 0 Å². The molecule has 0 aliphatic carbocycles. The van der Waals surface area contributed by atoms with E-state index < -0.39 is 0 Å². The first-order chi connectivity index (χ1) is 11.4. The molecule has 0 aromatic heterocycles. The molecule has 0 saturated heterocycles. The minimum absolute atomic E-state index is 0.0578. The van der Waals surface area contributed by atoms with Crippen molar-refractivity contribution >= 4 is 11.6 Å². The molecule has 4 heteroatoms. The van der Waals surface area contributed by atoms with Crippen molar-refractivity contribution in [3.63, 3.8) is 0 Å². The van der Waals surface area contributed by atoms with Crippen LogP contribution in [0.1, 0.15) is 18.1 Å². The van der Waals surface area contributed by atoms with Crippen molar-refractivity contribution in [2.75, 3.05) is 18.5 Å². The van der Waals surface area contributed by atoms with E-state index in [0.29, 0.717) is 23.8 Å². The molecule has 4 nitrogen and oxygen atoms in total. The third-order valence-corrected chi connectivity index (χ3v) is 3.20. The van der Waals surface area contributed by atoms with Gasteiger partial charge in [-0.15, -0.1) is 0 Å². The largest absolute Gasteiger partial charge is 0.487 e. The van der Waals surface area contributed by atoms with Gasteiger partial charge in [0.25, 0.3) is 5.91 Å². The van der Waals surface area contributed by atoms with Crippen LogP contribution in [0.3, 0.4) is 0 Å². The minimum Gasteiger partial charge on any atom is -0.487 e. The summed E-state index contributed by atoms with van der Waals surface area (Å²) in [7, 11) is 0. The van der Waals surface area contributed by atoms with E-state index in [1.165, 1.54) is 0 Å². The van der Waals surface area contributed by atoms with Crippen LogP contribution in [0, 0.1) is 13.8 Å². The van der Waals surface area contributed by atoms with E-state index in [1.807, 2.05) is 51.1 Å². The van der Waals surface area contributed by atoms with Crippen molar-refractivity contribution in [2.45, 2.75) is 20.8 Å². The maximum absolute atomic E-state index is 12.1. The topological polar surface area (TPSA) is 47.6 Å². The van der Waals surface area contributed by atoms with E-state index in [4.69, 9.17) is 9.47 Å². The van der Waals surface area contributed by atoms with E-state index in [0.717, 1.165) is 16.7 Å². The summed E-state index contributed by atoms with van der Waals surface area (Å²) < 4.78 is 11.2. The fourth-order valence-electron chi connectivity index (χ4n) is 2.25. The molecule has 1 N–H and O–H groups in total. The van der Waals surface area contributed by atoms with Crippen molar-refractivity contribution in [1.82, 2.24) is 0 Å². The maximum Gasteiger partial charge on any atom is 0.262 e. The van der Waals surface area contributed by atoms with Gasteiger partial charge in [-0.25, -0.2) is 0 Å².